The number of hydrogen-bond acceptors (Lipinski definition) is 7. The molecule has 0 unspecified atom stereocenters. The van der Waals surface area contributed by atoms with Gasteiger partial charge in [-0.05, 0) is 60.0 Å². The highest BCUT2D eigenvalue weighted by Crippen LogP contribution is 2.34. The van der Waals surface area contributed by atoms with E-state index in [1.165, 1.54) is 10.5 Å². The second-order valence-corrected chi connectivity index (χ2v) is 12.0. The molecule has 0 bridgehead atoms. The molecule has 9 nitrogen and oxygen atoms in total. The highest BCUT2D eigenvalue weighted by atomic mass is 35.5. The number of nitrogens with zero attached hydrogens (tertiary/aromatic N) is 5. The van der Waals surface area contributed by atoms with Crippen molar-refractivity contribution >= 4 is 50.2 Å². The lowest BCUT2D eigenvalue weighted by molar-refractivity contribution is -0.135. The van der Waals surface area contributed by atoms with Crippen molar-refractivity contribution in [3.63, 3.8) is 0 Å². The Morgan fingerprint density at radius 2 is 1.70 bits per heavy atom. The molecule has 0 spiro atoms. The number of benzene rings is 2. The molecule has 11 heteroatoms. The van der Waals surface area contributed by atoms with Crippen molar-refractivity contribution in [3.8, 4) is 0 Å². The first-order valence-electron chi connectivity index (χ1n) is 12.1. The Balaban J connectivity index is 1.26. The molecule has 0 atom stereocenters. The summed E-state index contributed by atoms with van der Waals surface area (Å²) in [6.07, 6.45) is 6.45. The lowest BCUT2D eigenvalue weighted by Gasteiger charge is -2.44. The highest BCUT2D eigenvalue weighted by molar-refractivity contribution is 7.89. The largest absolute Gasteiger partial charge is 0.411 e. The number of carbonyl (C=O) groups is 1. The van der Waals surface area contributed by atoms with Gasteiger partial charge in [0.1, 0.15) is 0 Å². The molecular weight excluding hydrogens is 514 g/mol. The van der Waals surface area contributed by atoms with Crippen LogP contribution in [0.1, 0.15) is 12.8 Å². The lowest BCUT2D eigenvalue weighted by atomic mass is 9.78. The number of sulfonamides is 1. The summed E-state index contributed by atoms with van der Waals surface area (Å²) >= 11 is 6.04. The number of anilines is 1. The van der Waals surface area contributed by atoms with Crippen molar-refractivity contribution in [1.29, 1.82) is 0 Å². The first-order chi connectivity index (χ1) is 17.8. The second-order valence-electron chi connectivity index (χ2n) is 9.61. The third kappa shape index (κ3) is 5.27. The van der Waals surface area contributed by atoms with Crippen LogP contribution in [0.4, 0.5) is 5.69 Å². The van der Waals surface area contributed by atoms with Crippen LogP contribution in [0.5, 0.6) is 0 Å². The Morgan fingerprint density at radius 1 is 1.00 bits per heavy atom. The van der Waals surface area contributed by atoms with Gasteiger partial charge in [0.25, 0.3) is 0 Å². The first-order valence-corrected chi connectivity index (χ1v) is 13.9. The van der Waals surface area contributed by atoms with Crippen LogP contribution in [0.3, 0.4) is 0 Å². The molecule has 2 fully saturated rings. The van der Waals surface area contributed by atoms with Crippen LogP contribution in [-0.4, -0.2) is 79.2 Å². The molecule has 194 valence electrons. The first kappa shape index (κ1) is 25.4. The van der Waals surface area contributed by atoms with E-state index in [2.05, 4.69) is 15.0 Å². The molecule has 1 amide bonds. The predicted molar refractivity (Wildman–Crippen MR) is 143 cm³/mol. The zero-order valence-corrected chi connectivity index (χ0v) is 21.8. The van der Waals surface area contributed by atoms with Gasteiger partial charge in [0, 0.05) is 61.2 Å². The van der Waals surface area contributed by atoms with Crippen LogP contribution in [0, 0.1) is 5.41 Å². The number of fused-ring (bicyclic) bond motifs is 1. The van der Waals surface area contributed by atoms with Crippen LogP contribution >= 0.6 is 11.6 Å². The van der Waals surface area contributed by atoms with Crippen LogP contribution in [0.2, 0.25) is 5.02 Å². The number of piperazine rings is 1. The van der Waals surface area contributed by atoms with E-state index in [0.717, 1.165) is 29.5 Å². The van der Waals surface area contributed by atoms with Gasteiger partial charge in [0.05, 0.1) is 17.7 Å². The summed E-state index contributed by atoms with van der Waals surface area (Å²) in [5.74, 6) is -0.260. The van der Waals surface area contributed by atoms with E-state index < -0.39 is 15.4 Å². The SMILES string of the molecule is O=C1CN(S(=O)(=O)c2ccc3cc(Cl)ccc3c2)CCN1CC1(/C=N/O)CCN(c2ccncc2)CC1. The van der Waals surface area contributed by atoms with Gasteiger partial charge in [0.2, 0.25) is 15.9 Å². The standard InChI is InChI=1S/C26H28ClN5O4S/c27-22-3-1-21-16-24(4-2-20(21)15-22)37(35,36)32-14-13-31(25(33)17-32)19-26(18-29-34)7-11-30(12-8-26)23-5-9-28-10-6-23/h1-6,9-10,15-16,18,34H,7-8,11-14,17,19H2/b29-18+. The number of rotatable bonds is 6. The summed E-state index contributed by atoms with van der Waals surface area (Å²) in [5.41, 5.74) is 0.602. The Hall–Kier alpha value is -3.21. The van der Waals surface area contributed by atoms with Crippen molar-refractivity contribution in [2.75, 3.05) is 44.2 Å². The minimum Gasteiger partial charge on any atom is -0.411 e. The summed E-state index contributed by atoms with van der Waals surface area (Å²) in [7, 11) is -3.84. The topological polar surface area (TPSA) is 106 Å². The maximum absolute atomic E-state index is 13.3. The molecule has 1 N–H and O–H groups in total. The number of hydrogen-bond donors (Lipinski definition) is 1. The van der Waals surface area contributed by atoms with Crippen molar-refractivity contribution < 1.29 is 18.4 Å². The molecular formula is C26H28ClN5O4S. The predicted octanol–water partition coefficient (Wildman–Crippen LogP) is 3.47. The zero-order chi connectivity index (χ0) is 26.0. The van der Waals surface area contributed by atoms with Gasteiger partial charge in [-0.2, -0.15) is 4.31 Å². The van der Waals surface area contributed by atoms with E-state index in [4.69, 9.17) is 11.6 Å². The third-order valence-corrected chi connectivity index (χ3v) is 9.40. The fraction of sp³-hybridized carbons (Fsp3) is 0.346. The molecule has 3 aromatic rings. The van der Waals surface area contributed by atoms with Gasteiger partial charge in [0.15, 0.2) is 0 Å². The van der Waals surface area contributed by atoms with Gasteiger partial charge in [-0.25, -0.2) is 8.42 Å². The Labute approximate surface area is 221 Å². The number of pyridine rings is 1. The van der Waals surface area contributed by atoms with E-state index in [9.17, 15) is 18.4 Å². The van der Waals surface area contributed by atoms with Crippen molar-refractivity contribution in [2.45, 2.75) is 17.7 Å². The number of aromatic nitrogens is 1. The van der Waals surface area contributed by atoms with Crippen LogP contribution in [-0.2, 0) is 14.8 Å². The summed E-state index contributed by atoms with van der Waals surface area (Å²) in [5, 5.41) is 14.9. The van der Waals surface area contributed by atoms with E-state index in [1.54, 1.807) is 53.7 Å². The fourth-order valence-corrected chi connectivity index (χ4v) is 6.76. The molecule has 0 radical (unpaired) electrons. The summed E-state index contributed by atoms with van der Waals surface area (Å²) in [4.78, 5) is 21.3. The maximum atomic E-state index is 13.3. The van der Waals surface area contributed by atoms with E-state index in [1.807, 2.05) is 12.1 Å². The number of halogens is 1. The van der Waals surface area contributed by atoms with Crippen molar-refractivity contribution in [1.82, 2.24) is 14.2 Å². The quantitative estimate of drug-likeness (QED) is 0.291. The summed E-state index contributed by atoms with van der Waals surface area (Å²) in [6.45, 7) is 2.11. The van der Waals surface area contributed by atoms with Crippen LogP contribution in [0.25, 0.3) is 10.8 Å². The van der Waals surface area contributed by atoms with Gasteiger partial charge >= 0.3 is 0 Å². The number of piperidine rings is 1. The molecule has 3 heterocycles. The molecule has 5 rings (SSSR count). The number of carbonyl (C=O) groups excluding carboxylic acids is 1. The monoisotopic (exact) mass is 541 g/mol. The number of amides is 1. The van der Waals surface area contributed by atoms with Gasteiger partial charge in [-0.15, -0.1) is 5.16 Å². The number of oxime groups is 1. The van der Waals surface area contributed by atoms with Crippen LogP contribution in [0.15, 0.2) is 71.0 Å². The Kier molecular flexibility index (Phi) is 7.06. The van der Waals surface area contributed by atoms with Crippen molar-refractivity contribution in [3.05, 3.63) is 65.9 Å². The molecule has 1 aromatic heterocycles. The van der Waals surface area contributed by atoms with E-state index >= 15 is 0 Å². The van der Waals surface area contributed by atoms with Crippen LogP contribution < -0.4 is 4.90 Å². The summed E-state index contributed by atoms with van der Waals surface area (Å²) < 4.78 is 27.9. The molecule has 2 aromatic carbocycles. The average Bonchev–Trinajstić information content (AvgIpc) is 2.90. The highest BCUT2D eigenvalue weighted by Gasteiger charge is 2.40. The van der Waals surface area contributed by atoms with Gasteiger partial charge < -0.3 is 15.0 Å². The second kappa shape index (κ2) is 10.3. The molecule has 0 saturated carbocycles. The molecule has 0 aliphatic carbocycles. The Morgan fingerprint density at radius 3 is 2.41 bits per heavy atom. The average molecular weight is 542 g/mol. The molecule has 2 aliphatic heterocycles. The van der Waals surface area contributed by atoms with Gasteiger partial charge in [-0.1, -0.05) is 23.7 Å². The molecule has 37 heavy (non-hydrogen) atoms. The van der Waals surface area contributed by atoms with Crippen molar-refractivity contribution in [2.24, 2.45) is 10.6 Å². The van der Waals surface area contributed by atoms with Gasteiger partial charge in [-0.3, -0.25) is 9.78 Å². The minimum absolute atomic E-state index is 0.149. The summed E-state index contributed by atoms with van der Waals surface area (Å²) in [6, 6.07) is 14.1. The normalized spacial score (nSPS) is 19.1. The van der Waals surface area contributed by atoms with E-state index in [0.29, 0.717) is 24.4 Å². The smallest absolute Gasteiger partial charge is 0.243 e. The third-order valence-electron chi connectivity index (χ3n) is 7.32. The zero-order valence-electron chi connectivity index (χ0n) is 20.2. The fourth-order valence-electron chi connectivity index (χ4n) is 5.16. The maximum Gasteiger partial charge on any atom is 0.243 e. The minimum atomic E-state index is -3.84. The molecule has 2 aliphatic rings. The molecule has 2 saturated heterocycles. The Bertz CT molecular complexity index is 1430. The van der Waals surface area contributed by atoms with E-state index in [-0.39, 0.29) is 30.4 Å². The lowest BCUT2D eigenvalue weighted by Crippen LogP contribution is -2.56.